The first kappa shape index (κ1) is 21.1. The molecule has 5 aromatic rings. The molecule has 33 heavy (non-hydrogen) atoms. The summed E-state index contributed by atoms with van der Waals surface area (Å²) in [6.45, 7) is 4.78. The van der Waals surface area contributed by atoms with Crippen molar-refractivity contribution in [2.45, 2.75) is 19.9 Å². The summed E-state index contributed by atoms with van der Waals surface area (Å²) >= 11 is 1.71. The standard InChI is InChI=1S/C27H23N3O2S/c1-18-23(9-6-13-28-18)25(16-32-17-31)30-14-12-21-15-22(10-11-24(21)30)26-19(2)29-27(33-26)20-7-4-3-5-8-20/h3-15,17,25H,16H2,1-2H3. The van der Waals surface area contributed by atoms with Crippen molar-refractivity contribution in [3.05, 3.63) is 96.1 Å². The third-order valence-electron chi connectivity index (χ3n) is 5.86. The van der Waals surface area contributed by atoms with Gasteiger partial charge in [-0.15, -0.1) is 11.3 Å². The van der Waals surface area contributed by atoms with Gasteiger partial charge in [-0.25, -0.2) is 4.98 Å². The lowest BCUT2D eigenvalue weighted by Crippen LogP contribution is -2.17. The second-order valence-corrected chi connectivity index (χ2v) is 8.92. The number of pyridine rings is 1. The van der Waals surface area contributed by atoms with Gasteiger partial charge in [-0.05, 0) is 49.2 Å². The average Bonchev–Trinajstić information content (AvgIpc) is 3.44. The molecule has 3 aromatic heterocycles. The molecule has 3 heterocycles. The lowest BCUT2D eigenvalue weighted by molar-refractivity contribution is -0.129. The molecule has 0 amide bonds. The zero-order chi connectivity index (χ0) is 22.8. The average molecular weight is 454 g/mol. The van der Waals surface area contributed by atoms with Crippen molar-refractivity contribution in [3.8, 4) is 21.0 Å². The number of fused-ring (bicyclic) bond motifs is 1. The van der Waals surface area contributed by atoms with E-state index in [4.69, 9.17) is 9.72 Å². The number of thiazole rings is 1. The van der Waals surface area contributed by atoms with Crippen LogP contribution in [0.25, 0.3) is 31.9 Å². The van der Waals surface area contributed by atoms with E-state index in [1.54, 1.807) is 17.5 Å². The molecule has 0 aliphatic carbocycles. The van der Waals surface area contributed by atoms with Crippen molar-refractivity contribution in [2.75, 3.05) is 6.61 Å². The fourth-order valence-corrected chi connectivity index (χ4v) is 5.31. The Morgan fingerprint density at radius 1 is 1.00 bits per heavy atom. The molecule has 0 aliphatic rings. The minimum Gasteiger partial charge on any atom is -0.465 e. The van der Waals surface area contributed by atoms with E-state index in [1.165, 1.54) is 4.88 Å². The summed E-state index contributed by atoms with van der Waals surface area (Å²) < 4.78 is 7.35. The van der Waals surface area contributed by atoms with Crippen LogP contribution in [-0.4, -0.2) is 27.6 Å². The van der Waals surface area contributed by atoms with Crippen LogP contribution in [-0.2, 0) is 9.53 Å². The third kappa shape index (κ3) is 4.05. The minimum atomic E-state index is -0.151. The van der Waals surface area contributed by atoms with E-state index in [0.29, 0.717) is 6.47 Å². The normalized spacial score (nSPS) is 12.1. The molecule has 0 saturated heterocycles. The van der Waals surface area contributed by atoms with Gasteiger partial charge in [-0.3, -0.25) is 9.78 Å². The predicted molar refractivity (Wildman–Crippen MR) is 132 cm³/mol. The van der Waals surface area contributed by atoms with E-state index in [0.717, 1.165) is 44.0 Å². The highest BCUT2D eigenvalue weighted by Crippen LogP contribution is 2.37. The molecule has 0 fully saturated rings. The summed E-state index contributed by atoms with van der Waals surface area (Å²) in [5.41, 5.74) is 6.34. The highest BCUT2D eigenvalue weighted by molar-refractivity contribution is 7.18. The number of ether oxygens (including phenoxy) is 1. The number of benzene rings is 2. The Hall–Kier alpha value is -3.77. The number of nitrogens with zero attached hydrogens (tertiary/aromatic N) is 3. The van der Waals surface area contributed by atoms with Crippen LogP contribution in [0.2, 0.25) is 0 Å². The third-order valence-corrected chi connectivity index (χ3v) is 7.12. The SMILES string of the molecule is Cc1ncccc1C(COC=O)n1ccc2cc(-c3sc(-c4ccccc4)nc3C)ccc21. The maximum absolute atomic E-state index is 10.9. The van der Waals surface area contributed by atoms with E-state index in [1.807, 2.05) is 37.3 Å². The molecule has 0 radical (unpaired) electrons. The number of hydrogen-bond acceptors (Lipinski definition) is 5. The molecule has 164 valence electrons. The Morgan fingerprint density at radius 2 is 1.85 bits per heavy atom. The first-order chi connectivity index (χ1) is 16.2. The van der Waals surface area contributed by atoms with E-state index < -0.39 is 0 Å². The van der Waals surface area contributed by atoms with Gasteiger partial charge in [0.25, 0.3) is 6.47 Å². The highest BCUT2D eigenvalue weighted by atomic mass is 32.1. The summed E-state index contributed by atoms with van der Waals surface area (Å²) in [5, 5.41) is 2.15. The Labute approximate surface area is 196 Å². The van der Waals surface area contributed by atoms with E-state index in [2.05, 4.69) is 59.1 Å². The Bertz CT molecular complexity index is 1420. The minimum absolute atomic E-state index is 0.151. The van der Waals surface area contributed by atoms with Crippen LogP contribution in [0.4, 0.5) is 0 Å². The van der Waals surface area contributed by atoms with Crippen molar-refractivity contribution in [3.63, 3.8) is 0 Å². The molecular weight excluding hydrogens is 430 g/mol. The van der Waals surface area contributed by atoms with Gasteiger partial charge in [0.05, 0.1) is 16.6 Å². The lowest BCUT2D eigenvalue weighted by atomic mass is 10.1. The first-order valence-electron chi connectivity index (χ1n) is 10.8. The molecule has 0 spiro atoms. The number of carbonyl (C=O) groups excluding carboxylic acids is 1. The highest BCUT2D eigenvalue weighted by Gasteiger charge is 2.20. The van der Waals surface area contributed by atoms with E-state index in [9.17, 15) is 4.79 Å². The monoisotopic (exact) mass is 453 g/mol. The van der Waals surface area contributed by atoms with Crippen LogP contribution >= 0.6 is 11.3 Å². The van der Waals surface area contributed by atoms with Crippen LogP contribution in [0.5, 0.6) is 0 Å². The second-order valence-electron chi connectivity index (χ2n) is 7.92. The molecule has 0 bridgehead atoms. The number of aromatic nitrogens is 3. The zero-order valence-corrected chi connectivity index (χ0v) is 19.3. The van der Waals surface area contributed by atoms with Gasteiger partial charge in [0, 0.05) is 34.6 Å². The molecule has 5 nitrogen and oxygen atoms in total. The smallest absolute Gasteiger partial charge is 0.293 e. The Morgan fingerprint density at radius 3 is 2.64 bits per heavy atom. The van der Waals surface area contributed by atoms with Crippen LogP contribution in [0.15, 0.2) is 79.1 Å². The van der Waals surface area contributed by atoms with Gasteiger partial charge in [0.1, 0.15) is 11.6 Å². The number of hydrogen-bond donors (Lipinski definition) is 0. The molecular formula is C27H23N3O2S. The topological polar surface area (TPSA) is 57.0 Å². The van der Waals surface area contributed by atoms with Crippen LogP contribution < -0.4 is 0 Å². The Balaban J connectivity index is 1.54. The summed E-state index contributed by atoms with van der Waals surface area (Å²) in [6.07, 6.45) is 3.83. The van der Waals surface area contributed by atoms with Gasteiger partial charge >= 0.3 is 0 Å². The molecule has 6 heteroatoms. The van der Waals surface area contributed by atoms with Crippen molar-refractivity contribution >= 4 is 28.7 Å². The summed E-state index contributed by atoms with van der Waals surface area (Å²) in [5.74, 6) is 0. The number of aryl methyl sites for hydroxylation is 2. The fraction of sp³-hybridized carbons (Fsp3) is 0.148. The van der Waals surface area contributed by atoms with Crippen molar-refractivity contribution < 1.29 is 9.53 Å². The van der Waals surface area contributed by atoms with Gasteiger partial charge in [0.2, 0.25) is 0 Å². The molecule has 5 rings (SSSR count). The summed E-state index contributed by atoms with van der Waals surface area (Å²) in [7, 11) is 0. The molecule has 0 aliphatic heterocycles. The number of carbonyl (C=O) groups is 1. The van der Waals surface area contributed by atoms with Crippen molar-refractivity contribution in [2.24, 2.45) is 0 Å². The van der Waals surface area contributed by atoms with Crippen molar-refractivity contribution in [1.82, 2.24) is 14.5 Å². The molecule has 0 saturated carbocycles. The molecule has 1 atom stereocenters. The summed E-state index contributed by atoms with van der Waals surface area (Å²) in [4.78, 5) is 21.4. The molecule has 1 unspecified atom stereocenters. The van der Waals surface area contributed by atoms with Gasteiger partial charge < -0.3 is 9.30 Å². The van der Waals surface area contributed by atoms with Crippen LogP contribution in [0.1, 0.15) is 23.0 Å². The van der Waals surface area contributed by atoms with Crippen molar-refractivity contribution in [1.29, 1.82) is 0 Å². The first-order valence-corrected chi connectivity index (χ1v) is 11.6. The van der Waals surface area contributed by atoms with Crippen LogP contribution in [0, 0.1) is 13.8 Å². The van der Waals surface area contributed by atoms with Gasteiger partial charge in [0.15, 0.2) is 0 Å². The lowest BCUT2D eigenvalue weighted by Gasteiger charge is -2.21. The number of rotatable bonds is 7. The molecule has 0 N–H and O–H groups in total. The fourth-order valence-electron chi connectivity index (χ4n) is 4.24. The quantitative estimate of drug-likeness (QED) is 0.275. The Kier molecular flexibility index (Phi) is 5.75. The second kappa shape index (κ2) is 9.00. The maximum atomic E-state index is 10.9. The van der Waals surface area contributed by atoms with Crippen LogP contribution in [0.3, 0.4) is 0 Å². The predicted octanol–water partition coefficient (Wildman–Crippen LogP) is 6.21. The van der Waals surface area contributed by atoms with E-state index in [-0.39, 0.29) is 12.6 Å². The van der Waals surface area contributed by atoms with E-state index >= 15 is 0 Å². The van der Waals surface area contributed by atoms with Gasteiger partial charge in [-0.1, -0.05) is 42.5 Å². The van der Waals surface area contributed by atoms with Gasteiger partial charge in [-0.2, -0.15) is 0 Å². The molecule has 2 aromatic carbocycles. The largest absolute Gasteiger partial charge is 0.465 e. The zero-order valence-electron chi connectivity index (χ0n) is 18.4. The maximum Gasteiger partial charge on any atom is 0.293 e. The summed E-state index contributed by atoms with van der Waals surface area (Å²) in [6, 6.07) is 22.6.